The third-order valence-electron chi connectivity index (χ3n) is 3.10. The number of aliphatic hydroxyl groups is 1. The zero-order chi connectivity index (χ0) is 16.1. The van der Waals surface area contributed by atoms with Crippen LogP contribution >= 0.6 is 11.6 Å². The number of benzene rings is 2. The molecule has 2 aromatic rings. The van der Waals surface area contributed by atoms with E-state index in [0.29, 0.717) is 21.2 Å². The molecule has 0 aliphatic rings. The molecule has 2 aromatic carbocycles. The second-order valence-electron chi connectivity index (χ2n) is 4.80. The van der Waals surface area contributed by atoms with E-state index in [1.807, 2.05) is 0 Å². The summed E-state index contributed by atoms with van der Waals surface area (Å²) in [4.78, 5) is 12.6. The van der Waals surface area contributed by atoms with Crippen LogP contribution in [-0.4, -0.2) is 21.5 Å². The first-order valence-corrected chi connectivity index (χ1v) is 8.56. The zero-order valence-corrected chi connectivity index (χ0v) is 13.5. The summed E-state index contributed by atoms with van der Waals surface area (Å²) < 4.78 is 11.3. The van der Waals surface area contributed by atoms with Crippen LogP contribution in [0.1, 0.15) is 18.1 Å². The second kappa shape index (κ2) is 7.54. The number of aliphatic hydroxyl groups excluding tert-OH is 1. The minimum Gasteiger partial charge on any atom is -0.388 e. The van der Waals surface area contributed by atoms with Crippen molar-refractivity contribution in [1.82, 2.24) is 0 Å². The molecule has 2 unspecified atom stereocenters. The summed E-state index contributed by atoms with van der Waals surface area (Å²) in [5.41, 5.74) is 1.23. The highest BCUT2D eigenvalue weighted by molar-refractivity contribution is 7.84. The van der Waals surface area contributed by atoms with Gasteiger partial charge in [-0.1, -0.05) is 23.7 Å². The Morgan fingerprint density at radius 2 is 1.77 bits per heavy atom. The van der Waals surface area contributed by atoms with Gasteiger partial charge in [0.15, 0.2) is 0 Å². The lowest BCUT2D eigenvalue weighted by atomic mass is 10.1. The fourth-order valence-electron chi connectivity index (χ4n) is 1.92. The Balaban J connectivity index is 1.94. The summed E-state index contributed by atoms with van der Waals surface area (Å²) in [6, 6.07) is 13.5. The molecule has 4 nitrogen and oxygen atoms in total. The van der Waals surface area contributed by atoms with Crippen molar-refractivity contribution in [2.45, 2.75) is 17.4 Å². The molecular weight excluding hydrogens is 322 g/mol. The first kappa shape index (κ1) is 16.7. The van der Waals surface area contributed by atoms with Gasteiger partial charge in [0, 0.05) is 32.7 Å². The fraction of sp³-hybridized carbons (Fsp3) is 0.188. The lowest BCUT2D eigenvalue weighted by Gasteiger charge is -2.11. The Morgan fingerprint density at radius 1 is 1.18 bits per heavy atom. The quantitative estimate of drug-likeness (QED) is 0.880. The van der Waals surface area contributed by atoms with Gasteiger partial charge in [0.2, 0.25) is 5.91 Å². The number of halogens is 1. The first-order chi connectivity index (χ1) is 10.5. The number of nitrogens with one attached hydrogen (secondary N) is 1. The molecule has 0 aliphatic heterocycles. The van der Waals surface area contributed by atoms with E-state index >= 15 is 0 Å². The highest BCUT2D eigenvalue weighted by Gasteiger charge is 2.13. The van der Waals surface area contributed by atoms with E-state index in [0.717, 1.165) is 0 Å². The standard InChI is InChI=1S/C16H16ClNO3S/c1-22(21)14-8-6-13(7-9-14)18-16(20)10-15(19)11-2-4-12(17)5-3-11/h2-9,15,19H,10H2,1H3,(H,18,20). The Hall–Kier alpha value is -1.69. The van der Waals surface area contributed by atoms with Crippen LogP contribution in [-0.2, 0) is 15.6 Å². The van der Waals surface area contributed by atoms with Crippen LogP contribution in [0, 0.1) is 0 Å². The summed E-state index contributed by atoms with van der Waals surface area (Å²) >= 11 is 5.78. The van der Waals surface area contributed by atoms with Crippen molar-refractivity contribution >= 4 is 34.0 Å². The lowest BCUT2D eigenvalue weighted by Crippen LogP contribution is -2.15. The van der Waals surface area contributed by atoms with Crippen molar-refractivity contribution in [1.29, 1.82) is 0 Å². The Bertz CT molecular complexity index is 671. The highest BCUT2D eigenvalue weighted by atomic mass is 35.5. The Labute approximate surface area is 136 Å². The molecule has 6 heteroatoms. The van der Waals surface area contributed by atoms with Crippen LogP contribution in [0.15, 0.2) is 53.4 Å². The van der Waals surface area contributed by atoms with Gasteiger partial charge in [-0.2, -0.15) is 0 Å². The van der Waals surface area contributed by atoms with Crippen LogP contribution in [0.4, 0.5) is 5.69 Å². The summed E-state index contributed by atoms with van der Waals surface area (Å²) in [7, 11) is -1.05. The van der Waals surface area contributed by atoms with E-state index in [1.165, 1.54) is 0 Å². The van der Waals surface area contributed by atoms with Crippen LogP contribution in [0.5, 0.6) is 0 Å². The molecule has 2 atom stereocenters. The average Bonchev–Trinajstić information content (AvgIpc) is 2.48. The topological polar surface area (TPSA) is 66.4 Å². The van der Waals surface area contributed by atoms with Gasteiger partial charge in [-0.05, 0) is 42.0 Å². The second-order valence-corrected chi connectivity index (χ2v) is 6.61. The largest absolute Gasteiger partial charge is 0.388 e. The maximum absolute atomic E-state index is 11.9. The number of carbonyl (C=O) groups excluding carboxylic acids is 1. The molecule has 1 amide bonds. The fourth-order valence-corrected chi connectivity index (χ4v) is 2.57. The number of hydrogen-bond donors (Lipinski definition) is 2. The summed E-state index contributed by atoms with van der Waals surface area (Å²) in [5.74, 6) is -0.298. The van der Waals surface area contributed by atoms with E-state index in [1.54, 1.807) is 54.8 Å². The van der Waals surface area contributed by atoms with E-state index < -0.39 is 16.9 Å². The molecule has 0 saturated heterocycles. The van der Waals surface area contributed by atoms with Gasteiger partial charge in [0.05, 0.1) is 12.5 Å². The van der Waals surface area contributed by atoms with Crippen molar-refractivity contribution in [3.8, 4) is 0 Å². The molecule has 0 spiro atoms. The molecule has 2 N–H and O–H groups in total. The molecule has 0 aliphatic carbocycles. The normalized spacial score (nSPS) is 13.4. The van der Waals surface area contributed by atoms with Crippen LogP contribution in [0.25, 0.3) is 0 Å². The van der Waals surface area contributed by atoms with Gasteiger partial charge in [-0.3, -0.25) is 9.00 Å². The third kappa shape index (κ3) is 4.66. The minimum atomic E-state index is -1.05. The monoisotopic (exact) mass is 337 g/mol. The van der Waals surface area contributed by atoms with E-state index in [9.17, 15) is 14.1 Å². The van der Waals surface area contributed by atoms with Crippen molar-refractivity contribution in [2.75, 3.05) is 11.6 Å². The first-order valence-electron chi connectivity index (χ1n) is 6.62. The van der Waals surface area contributed by atoms with Crippen LogP contribution in [0.3, 0.4) is 0 Å². The Morgan fingerprint density at radius 3 is 2.32 bits per heavy atom. The van der Waals surface area contributed by atoms with Gasteiger partial charge < -0.3 is 10.4 Å². The Kier molecular flexibility index (Phi) is 5.71. The predicted molar refractivity (Wildman–Crippen MR) is 88.4 cm³/mol. The smallest absolute Gasteiger partial charge is 0.227 e. The molecule has 0 fully saturated rings. The van der Waals surface area contributed by atoms with Gasteiger partial charge in [-0.15, -0.1) is 0 Å². The van der Waals surface area contributed by atoms with E-state index in [4.69, 9.17) is 11.6 Å². The number of rotatable bonds is 5. The molecule has 0 radical (unpaired) electrons. The molecule has 0 aromatic heterocycles. The number of carbonyl (C=O) groups is 1. The number of amides is 1. The lowest BCUT2D eigenvalue weighted by molar-refractivity contribution is -0.118. The van der Waals surface area contributed by atoms with Gasteiger partial charge in [0.1, 0.15) is 0 Å². The SMILES string of the molecule is CS(=O)c1ccc(NC(=O)CC(O)c2ccc(Cl)cc2)cc1. The van der Waals surface area contributed by atoms with E-state index in [-0.39, 0.29) is 12.3 Å². The van der Waals surface area contributed by atoms with Gasteiger partial charge in [0.25, 0.3) is 0 Å². The van der Waals surface area contributed by atoms with Crippen molar-refractivity contribution in [3.05, 3.63) is 59.1 Å². The highest BCUT2D eigenvalue weighted by Crippen LogP contribution is 2.20. The van der Waals surface area contributed by atoms with Crippen molar-refractivity contribution in [2.24, 2.45) is 0 Å². The van der Waals surface area contributed by atoms with E-state index in [2.05, 4.69) is 5.32 Å². The summed E-state index contributed by atoms with van der Waals surface area (Å²) in [5, 5.41) is 13.3. The van der Waals surface area contributed by atoms with Gasteiger partial charge in [-0.25, -0.2) is 0 Å². The van der Waals surface area contributed by atoms with Crippen molar-refractivity contribution in [3.63, 3.8) is 0 Å². The van der Waals surface area contributed by atoms with Crippen LogP contribution < -0.4 is 5.32 Å². The average molecular weight is 338 g/mol. The summed E-state index contributed by atoms with van der Waals surface area (Å²) in [6.07, 6.45) is 0.652. The molecular formula is C16H16ClNO3S. The molecule has 0 saturated carbocycles. The third-order valence-corrected chi connectivity index (χ3v) is 4.29. The molecule has 116 valence electrons. The zero-order valence-electron chi connectivity index (χ0n) is 12.0. The maximum atomic E-state index is 11.9. The van der Waals surface area contributed by atoms with Crippen LogP contribution in [0.2, 0.25) is 5.02 Å². The molecule has 2 rings (SSSR count). The minimum absolute atomic E-state index is 0.0525. The van der Waals surface area contributed by atoms with Gasteiger partial charge >= 0.3 is 0 Å². The molecule has 22 heavy (non-hydrogen) atoms. The maximum Gasteiger partial charge on any atom is 0.227 e. The van der Waals surface area contributed by atoms with Crippen molar-refractivity contribution < 1.29 is 14.1 Å². The summed E-state index contributed by atoms with van der Waals surface area (Å²) in [6.45, 7) is 0. The molecule has 0 heterocycles. The number of anilines is 1. The predicted octanol–water partition coefficient (Wildman–Crippen LogP) is 3.14. The molecule has 0 bridgehead atoms. The number of hydrogen-bond acceptors (Lipinski definition) is 3.